The van der Waals surface area contributed by atoms with Crippen molar-refractivity contribution in [3.8, 4) is 0 Å². The third-order valence-electron chi connectivity index (χ3n) is 2.63. The zero-order valence-corrected chi connectivity index (χ0v) is 11.8. The van der Waals surface area contributed by atoms with Crippen molar-refractivity contribution in [2.75, 3.05) is 14.2 Å². The van der Waals surface area contributed by atoms with E-state index in [1.165, 1.54) is 7.11 Å². The maximum absolute atomic E-state index is 11.6. The van der Waals surface area contributed by atoms with Crippen LogP contribution in [0.3, 0.4) is 0 Å². The molecule has 0 spiro atoms. The van der Waals surface area contributed by atoms with E-state index < -0.39 is 5.54 Å². The summed E-state index contributed by atoms with van der Waals surface area (Å²) in [5.74, 6) is -0.253. The van der Waals surface area contributed by atoms with Crippen molar-refractivity contribution < 1.29 is 9.53 Å². The molecule has 0 bridgehead atoms. The van der Waals surface area contributed by atoms with E-state index in [0.717, 1.165) is 3.57 Å². The number of nitrogens with zero attached hydrogens (tertiary/aromatic N) is 2. The molecular weight excluding hydrogens is 321 g/mol. The summed E-state index contributed by atoms with van der Waals surface area (Å²) < 4.78 is 7.67. The second-order valence-electron chi connectivity index (χ2n) is 3.75. The van der Waals surface area contributed by atoms with Gasteiger partial charge in [0.1, 0.15) is 5.54 Å². The van der Waals surface area contributed by atoms with Gasteiger partial charge in [-0.3, -0.25) is 9.48 Å². The molecule has 0 saturated carbocycles. The maximum atomic E-state index is 11.6. The van der Waals surface area contributed by atoms with Crippen LogP contribution < -0.4 is 5.32 Å². The Balaban J connectivity index is 2.61. The van der Waals surface area contributed by atoms with E-state index in [1.807, 2.05) is 17.8 Å². The van der Waals surface area contributed by atoms with E-state index in [1.54, 1.807) is 13.2 Å². The number of likely N-dealkylation sites (N-methyl/N-ethyl adjacent to an activating group) is 1. The number of nitrogens with one attached hydrogen (secondary N) is 1. The predicted octanol–water partition coefficient (Wildman–Crippen LogP) is 1.03. The Bertz CT molecular complexity index is 367. The van der Waals surface area contributed by atoms with Crippen LogP contribution in [0.4, 0.5) is 0 Å². The Morgan fingerprint density at radius 2 is 2.44 bits per heavy atom. The lowest BCUT2D eigenvalue weighted by Crippen LogP contribution is -2.49. The van der Waals surface area contributed by atoms with E-state index in [0.29, 0.717) is 13.0 Å². The summed E-state index contributed by atoms with van der Waals surface area (Å²) in [4.78, 5) is 11.6. The van der Waals surface area contributed by atoms with Crippen LogP contribution in [0, 0.1) is 3.57 Å². The van der Waals surface area contributed by atoms with Crippen LogP contribution in [-0.4, -0.2) is 35.4 Å². The van der Waals surface area contributed by atoms with Crippen molar-refractivity contribution in [2.24, 2.45) is 0 Å². The second kappa shape index (κ2) is 5.62. The molecule has 1 heterocycles. The molecule has 16 heavy (non-hydrogen) atoms. The standard InChI is InChI=1S/C10H16IN3O2/c1-10(12-2,9(15)16-3)4-5-14-7-8(11)6-13-14/h6-7,12H,4-5H2,1-3H3. The Labute approximate surface area is 109 Å². The number of methoxy groups -OCH3 is 1. The predicted molar refractivity (Wildman–Crippen MR) is 69.0 cm³/mol. The minimum absolute atomic E-state index is 0.253. The Morgan fingerprint density at radius 1 is 1.75 bits per heavy atom. The Morgan fingerprint density at radius 3 is 2.88 bits per heavy atom. The molecule has 0 amide bonds. The molecule has 0 radical (unpaired) electrons. The Hall–Kier alpha value is -0.630. The minimum Gasteiger partial charge on any atom is -0.468 e. The largest absolute Gasteiger partial charge is 0.468 e. The summed E-state index contributed by atoms with van der Waals surface area (Å²) in [5.41, 5.74) is -0.661. The molecule has 1 rings (SSSR count). The van der Waals surface area contributed by atoms with Crippen LogP contribution >= 0.6 is 22.6 Å². The van der Waals surface area contributed by atoms with Gasteiger partial charge in [-0.15, -0.1) is 0 Å². The lowest BCUT2D eigenvalue weighted by Gasteiger charge is -2.25. The van der Waals surface area contributed by atoms with Gasteiger partial charge in [-0.2, -0.15) is 5.10 Å². The molecule has 1 aromatic rings. The molecular formula is C10H16IN3O2. The monoisotopic (exact) mass is 337 g/mol. The highest BCUT2D eigenvalue weighted by Gasteiger charge is 2.32. The fraction of sp³-hybridized carbons (Fsp3) is 0.600. The minimum atomic E-state index is -0.661. The second-order valence-corrected chi connectivity index (χ2v) is 4.99. The van der Waals surface area contributed by atoms with E-state index >= 15 is 0 Å². The van der Waals surface area contributed by atoms with Crippen LogP contribution in [0.25, 0.3) is 0 Å². The number of esters is 1. The number of hydrogen-bond donors (Lipinski definition) is 1. The van der Waals surface area contributed by atoms with Crippen molar-refractivity contribution in [1.29, 1.82) is 0 Å². The number of aryl methyl sites for hydroxylation is 1. The summed E-state index contributed by atoms with van der Waals surface area (Å²) >= 11 is 2.20. The number of ether oxygens (including phenoxy) is 1. The molecule has 1 atom stereocenters. The molecule has 0 fully saturated rings. The fourth-order valence-corrected chi connectivity index (χ4v) is 1.80. The van der Waals surface area contributed by atoms with Crippen LogP contribution in [0.1, 0.15) is 13.3 Å². The quantitative estimate of drug-likeness (QED) is 0.644. The van der Waals surface area contributed by atoms with E-state index in [9.17, 15) is 4.79 Å². The highest BCUT2D eigenvalue weighted by molar-refractivity contribution is 14.1. The lowest BCUT2D eigenvalue weighted by atomic mass is 9.98. The van der Waals surface area contributed by atoms with Gasteiger partial charge in [-0.1, -0.05) is 0 Å². The van der Waals surface area contributed by atoms with E-state index in [-0.39, 0.29) is 5.97 Å². The number of carbonyl (C=O) groups excluding carboxylic acids is 1. The molecule has 1 unspecified atom stereocenters. The van der Waals surface area contributed by atoms with Crippen LogP contribution in [0.15, 0.2) is 12.4 Å². The third kappa shape index (κ3) is 3.18. The molecule has 0 aliphatic carbocycles. The topological polar surface area (TPSA) is 56.2 Å². The van der Waals surface area contributed by atoms with Gasteiger partial charge in [0.05, 0.1) is 16.9 Å². The molecule has 6 heteroatoms. The highest BCUT2D eigenvalue weighted by atomic mass is 127. The first-order chi connectivity index (χ1) is 7.51. The van der Waals surface area contributed by atoms with E-state index in [2.05, 4.69) is 33.0 Å². The smallest absolute Gasteiger partial charge is 0.325 e. The number of hydrogen-bond acceptors (Lipinski definition) is 4. The SMILES string of the molecule is CNC(C)(CCn1cc(I)cn1)C(=O)OC. The molecule has 1 N–H and O–H groups in total. The molecule has 0 saturated heterocycles. The van der Waals surface area contributed by atoms with Gasteiger partial charge < -0.3 is 10.1 Å². The lowest BCUT2D eigenvalue weighted by molar-refractivity contribution is -0.148. The average Bonchev–Trinajstić information content (AvgIpc) is 2.71. The summed E-state index contributed by atoms with van der Waals surface area (Å²) in [6.45, 7) is 2.50. The first kappa shape index (κ1) is 13.4. The summed E-state index contributed by atoms with van der Waals surface area (Å²) in [5, 5.41) is 7.16. The first-order valence-electron chi connectivity index (χ1n) is 4.97. The molecule has 0 aliphatic rings. The summed E-state index contributed by atoms with van der Waals surface area (Å²) in [6.07, 6.45) is 4.36. The first-order valence-corrected chi connectivity index (χ1v) is 6.05. The number of aromatic nitrogens is 2. The maximum Gasteiger partial charge on any atom is 0.325 e. The average molecular weight is 337 g/mol. The molecule has 1 aromatic heterocycles. The Kier molecular flexibility index (Phi) is 4.72. The number of rotatable bonds is 5. The zero-order valence-electron chi connectivity index (χ0n) is 9.66. The third-order valence-corrected chi connectivity index (χ3v) is 3.19. The summed E-state index contributed by atoms with van der Waals surface area (Å²) in [6, 6.07) is 0. The normalized spacial score (nSPS) is 14.5. The van der Waals surface area contributed by atoms with Gasteiger partial charge in [0.15, 0.2) is 0 Å². The van der Waals surface area contributed by atoms with E-state index in [4.69, 9.17) is 4.74 Å². The van der Waals surface area contributed by atoms with Gasteiger partial charge >= 0.3 is 5.97 Å². The van der Waals surface area contributed by atoms with Crippen molar-refractivity contribution in [3.05, 3.63) is 16.0 Å². The van der Waals surface area contributed by atoms with Gasteiger partial charge in [-0.05, 0) is 43.0 Å². The van der Waals surface area contributed by atoms with Crippen molar-refractivity contribution in [2.45, 2.75) is 25.4 Å². The fourth-order valence-electron chi connectivity index (χ4n) is 1.35. The molecule has 5 nitrogen and oxygen atoms in total. The molecule has 90 valence electrons. The summed E-state index contributed by atoms with van der Waals surface area (Å²) in [7, 11) is 3.15. The zero-order chi connectivity index (χ0) is 12.2. The van der Waals surface area contributed by atoms with Crippen molar-refractivity contribution in [3.63, 3.8) is 0 Å². The van der Waals surface area contributed by atoms with Crippen LogP contribution in [0.5, 0.6) is 0 Å². The van der Waals surface area contributed by atoms with Gasteiger partial charge in [0, 0.05) is 12.7 Å². The van der Waals surface area contributed by atoms with Gasteiger partial charge in [0.2, 0.25) is 0 Å². The number of halogens is 1. The van der Waals surface area contributed by atoms with Crippen molar-refractivity contribution >= 4 is 28.6 Å². The van der Waals surface area contributed by atoms with Crippen LogP contribution in [-0.2, 0) is 16.1 Å². The highest BCUT2D eigenvalue weighted by Crippen LogP contribution is 2.13. The number of carbonyl (C=O) groups is 1. The van der Waals surface area contributed by atoms with Gasteiger partial charge in [-0.25, -0.2) is 0 Å². The van der Waals surface area contributed by atoms with Gasteiger partial charge in [0.25, 0.3) is 0 Å². The van der Waals surface area contributed by atoms with Crippen LogP contribution in [0.2, 0.25) is 0 Å². The molecule has 0 aromatic carbocycles. The molecule has 0 aliphatic heterocycles. The van der Waals surface area contributed by atoms with Crippen molar-refractivity contribution in [1.82, 2.24) is 15.1 Å².